The van der Waals surface area contributed by atoms with E-state index in [0.717, 1.165) is 15.7 Å². The minimum atomic E-state index is -0.270. The SMILES string of the molecule is O=C(Nc1ccc(-c2ccc3nncn3n2)cc1)c1cc(Br)ccc1Cl. The number of amides is 1. The number of carbonyl (C=O) groups is 1. The van der Waals surface area contributed by atoms with Crippen LogP contribution in [0.5, 0.6) is 0 Å². The van der Waals surface area contributed by atoms with E-state index in [1.54, 1.807) is 29.0 Å². The third-order valence-electron chi connectivity index (χ3n) is 3.77. The van der Waals surface area contributed by atoms with Crippen LogP contribution in [0.4, 0.5) is 5.69 Å². The van der Waals surface area contributed by atoms with Crippen molar-refractivity contribution in [1.82, 2.24) is 19.8 Å². The monoisotopic (exact) mass is 427 g/mol. The standard InChI is InChI=1S/C18H11BrClN5O/c19-12-3-6-15(20)14(9-12)18(26)22-13-4-1-11(2-5-13)16-7-8-17-23-21-10-25(17)24-16/h1-10H,(H,22,26). The normalized spacial score (nSPS) is 10.8. The summed E-state index contributed by atoms with van der Waals surface area (Å²) in [4.78, 5) is 12.4. The minimum Gasteiger partial charge on any atom is -0.322 e. The van der Waals surface area contributed by atoms with Gasteiger partial charge in [0.2, 0.25) is 0 Å². The second kappa shape index (κ2) is 6.86. The molecule has 1 N–H and O–H groups in total. The van der Waals surface area contributed by atoms with Crippen molar-refractivity contribution in [3.63, 3.8) is 0 Å². The summed E-state index contributed by atoms with van der Waals surface area (Å²) in [5, 5.41) is 15.4. The Bertz CT molecular complexity index is 1110. The van der Waals surface area contributed by atoms with Gasteiger partial charge in [-0.15, -0.1) is 10.2 Å². The average molecular weight is 429 g/mol. The number of benzene rings is 2. The number of halogens is 2. The number of hydrogen-bond donors (Lipinski definition) is 1. The highest BCUT2D eigenvalue weighted by atomic mass is 79.9. The van der Waals surface area contributed by atoms with Crippen LogP contribution in [0.15, 0.2) is 65.4 Å². The van der Waals surface area contributed by atoms with Crippen molar-refractivity contribution in [3.05, 3.63) is 76.0 Å². The van der Waals surface area contributed by atoms with E-state index >= 15 is 0 Å². The zero-order chi connectivity index (χ0) is 18.1. The molecule has 4 rings (SSSR count). The Morgan fingerprint density at radius 3 is 2.69 bits per heavy atom. The molecular formula is C18H11BrClN5O. The minimum absolute atomic E-state index is 0.270. The fourth-order valence-corrected chi connectivity index (χ4v) is 3.04. The number of carbonyl (C=O) groups excluding carboxylic acids is 1. The lowest BCUT2D eigenvalue weighted by Gasteiger charge is -2.08. The molecule has 0 saturated carbocycles. The van der Waals surface area contributed by atoms with Gasteiger partial charge < -0.3 is 5.32 Å². The summed E-state index contributed by atoms with van der Waals surface area (Å²) in [6.45, 7) is 0. The van der Waals surface area contributed by atoms with Gasteiger partial charge in [0.25, 0.3) is 5.91 Å². The molecule has 128 valence electrons. The second-order valence-electron chi connectivity index (χ2n) is 5.51. The van der Waals surface area contributed by atoms with Crippen LogP contribution in [0, 0.1) is 0 Å². The molecule has 2 aromatic heterocycles. The van der Waals surface area contributed by atoms with E-state index < -0.39 is 0 Å². The maximum Gasteiger partial charge on any atom is 0.257 e. The molecule has 2 aromatic carbocycles. The molecule has 0 radical (unpaired) electrons. The van der Waals surface area contributed by atoms with Crippen LogP contribution in [0.3, 0.4) is 0 Å². The maximum absolute atomic E-state index is 12.4. The van der Waals surface area contributed by atoms with Crippen molar-refractivity contribution in [2.24, 2.45) is 0 Å². The first-order chi connectivity index (χ1) is 12.6. The molecule has 6 nitrogen and oxygen atoms in total. The van der Waals surface area contributed by atoms with Crippen LogP contribution in [0.25, 0.3) is 16.9 Å². The molecule has 0 atom stereocenters. The van der Waals surface area contributed by atoms with Gasteiger partial charge in [0.05, 0.1) is 16.3 Å². The van der Waals surface area contributed by atoms with E-state index in [1.807, 2.05) is 36.4 Å². The molecule has 0 fully saturated rings. The molecule has 1 amide bonds. The van der Waals surface area contributed by atoms with Crippen molar-refractivity contribution in [2.45, 2.75) is 0 Å². The summed E-state index contributed by atoms with van der Waals surface area (Å²) < 4.78 is 2.40. The Labute approximate surface area is 162 Å². The van der Waals surface area contributed by atoms with E-state index in [-0.39, 0.29) is 5.91 Å². The third-order valence-corrected chi connectivity index (χ3v) is 4.60. The Hall–Kier alpha value is -2.77. The predicted molar refractivity (Wildman–Crippen MR) is 103 cm³/mol. The van der Waals surface area contributed by atoms with Gasteiger partial charge in [-0.05, 0) is 42.5 Å². The molecule has 0 aliphatic carbocycles. The lowest BCUT2D eigenvalue weighted by molar-refractivity contribution is 0.102. The zero-order valence-corrected chi connectivity index (χ0v) is 15.6. The van der Waals surface area contributed by atoms with Crippen molar-refractivity contribution < 1.29 is 4.79 Å². The fourth-order valence-electron chi connectivity index (χ4n) is 2.48. The van der Waals surface area contributed by atoms with Crippen molar-refractivity contribution in [1.29, 1.82) is 0 Å². The molecule has 0 spiro atoms. The Morgan fingerprint density at radius 2 is 1.88 bits per heavy atom. The zero-order valence-electron chi connectivity index (χ0n) is 13.2. The van der Waals surface area contributed by atoms with Crippen LogP contribution in [-0.4, -0.2) is 25.7 Å². The van der Waals surface area contributed by atoms with E-state index in [9.17, 15) is 4.79 Å². The lowest BCUT2D eigenvalue weighted by atomic mass is 10.1. The number of hydrogen-bond acceptors (Lipinski definition) is 4. The summed E-state index contributed by atoms with van der Waals surface area (Å²) in [5.74, 6) is -0.270. The van der Waals surface area contributed by atoms with Gasteiger partial charge in [0.1, 0.15) is 6.33 Å². The first-order valence-corrected chi connectivity index (χ1v) is 8.81. The highest BCUT2D eigenvalue weighted by Crippen LogP contribution is 2.23. The molecular weight excluding hydrogens is 418 g/mol. The largest absolute Gasteiger partial charge is 0.322 e. The van der Waals surface area contributed by atoms with Gasteiger partial charge in [-0.25, -0.2) is 0 Å². The van der Waals surface area contributed by atoms with Gasteiger partial charge in [-0.1, -0.05) is 39.7 Å². The van der Waals surface area contributed by atoms with Gasteiger partial charge in [0.15, 0.2) is 5.65 Å². The summed E-state index contributed by atoms with van der Waals surface area (Å²) in [7, 11) is 0. The maximum atomic E-state index is 12.4. The highest BCUT2D eigenvalue weighted by molar-refractivity contribution is 9.10. The number of anilines is 1. The fraction of sp³-hybridized carbons (Fsp3) is 0. The number of aromatic nitrogens is 4. The molecule has 0 unspecified atom stereocenters. The molecule has 26 heavy (non-hydrogen) atoms. The summed E-state index contributed by atoms with van der Waals surface area (Å²) in [6, 6.07) is 16.3. The Morgan fingerprint density at radius 1 is 1.08 bits per heavy atom. The van der Waals surface area contributed by atoms with Crippen LogP contribution in [-0.2, 0) is 0 Å². The second-order valence-corrected chi connectivity index (χ2v) is 6.83. The van der Waals surface area contributed by atoms with Crippen LogP contribution in [0.2, 0.25) is 5.02 Å². The van der Waals surface area contributed by atoms with Gasteiger partial charge in [-0.2, -0.15) is 9.61 Å². The molecule has 2 heterocycles. The average Bonchev–Trinajstić information content (AvgIpc) is 3.12. The molecule has 0 aliphatic rings. The first kappa shape index (κ1) is 16.7. The molecule has 0 bridgehead atoms. The number of nitrogens with one attached hydrogen (secondary N) is 1. The lowest BCUT2D eigenvalue weighted by Crippen LogP contribution is -2.12. The third kappa shape index (κ3) is 3.31. The van der Waals surface area contributed by atoms with Crippen molar-refractivity contribution >= 4 is 44.8 Å². The van der Waals surface area contributed by atoms with Crippen LogP contribution >= 0.6 is 27.5 Å². The number of fused-ring (bicyclic) bond motifs is 1. The van der Waals surface area contributed by atoms with E-state index in [2.05, 4.69) is 36.5 Å². The molecule has 4 aromatic rings. The smallest absolute Gasteiger partial charge is 0.257 e. The predicted octanol–water partition coefficient (Wildman–Crippen LogP) is 4.46. The quantitative estimate of drug-likeness (QED) is 0.523. The number of nitrogens with zero attached hydrogens (tertiary/aromatic N) is 4. The molecule has 0 saturated heterocycles. The van der Waals surface area contributed by atoms with Crippen molar-refractivity contribution in [3.8, 4) is 11.3 Å². The van der Waals surface area contributed by atoms with Crippen molar-refractivity contribution in [2.75, 3.05) is 5.32 Å². The first-order valence-electron chi connectivity index (χ1n) is 7.64. The summed E-state index contributed by atoms with van der Waals surface area (Å²) in [5.41, 5.74) is 3.46. The Kier molecular flexibility index (Phi) is 4.40. The molecule has 8 heteroatoms. The number of rotatable bonds is 3. The van der Waals surface area contributed by atoms with Crippen LogP contribution < -0.4 is 5.32 Å². The van der Waals surface area contributed by atoms with E-state index in [0.29, 0.717) is 21.9 Å². The summed E-state index contributed by atoms with van der Waals surface area (Å²) >= 11 is 9.44. The van der Waals surface area contributed by atoms with E-state index in [4.69, 9.17) is 11.6 Å². The van der Waals surface area contributed by atoms with Gasteiger partial charge in [0, 0.05) is 15.7 Å². The highest BCUT2D eigenvalue weighted by Gasteiger charge is 2.11. The summed E-state index contributed by atoms with van der Waals surface area (Å²) in [6.07, 6.45) is 1.55. The topological polar surface area (TPSA) is 72.2 Å². The van der Waals surface area contributed by atoms with Gasteiger partial charge >= 0.3 is 0 Å². The molecule has 0 aliphatic heterocycles. The Balaban J connectivity index is 1.55. The van der Waals surface area contributed by atoms with Crippen LogP contribution in [0.1, 0.15) is 10.4 Å². The van der Waals surface area contributed by atoms with Gasteiger partial charge in [-0.3, -0.25) is 4.79 Å². The van der Waals surface area contributed by atoms with E-state index in [1.165, 1.54) is 0 Å².